The average molecular weight is 329 g/mol. The van der Waals surface area contributed by atoms with Crippen molar-refractivity contribution in [1.82, 2.24) is 5.32 Å². The second kappa shape index (κ2) is 5.64. The normalized spacial score (nSPS) is 23.5. The second-order valence-corrected chi connectivity index (χ2v) is 7.41. The summed E-state index contributed by atoms with van der Waals surface area (Å²) in [5, 5.41) is 2.89. The number of amides is 1. The lowest BCUT2D eigenvalue weighted by molar-refractivity contribution is -0.117. The molecule has 3 rings (SSSR count). The van der Waals surface area contributed by atoms with Crippen molar-refractivity contribution in [2.75, 3.05) is 6.61 Å². The van der Waals surface area contributed by atoms with Gasteiger partial charge < -0.3 is 19.4 Å². The van der Waals surface area contributed by atoms with E-state index in [1.165, 1.54) is 6.08 Å². The van der Waals surface area contributed by atoms with Crippen molar-refractivity contribution < 1.29 is 18.8 Å². The van der Waals surface area contributed by atoms with E-state index in [0.717, 1.165) is 22.3 Å². The second-order valence-electron chi connectivity index (χ2n) is 7.41. The first-order valence-electron chi connectivity index (χ1n) is 8.20. The smallest absolute Gasteiger partial charge is 0.491 e. The Hall–Kier alpha value is -1.79. The molecule has 0 radical (unpaired) electrons. The van der Waals surface area contributed by atoms with Gasteiger partial charge in [0.2, 0.25) is 5.91 Å². The summed E-state index contributed by atoms with van der Waals surface area (Å²) in [4.78, 5) is 11.6. The van der Waals surface area contributed by atoms with Crippen molar-refractivity contribution >= 4 is 18.5 Å². The van der Waals surface area contributed by atoms with Gasteiger partial charge in [-0.3, -0.25) is 4.79 Å². The minimum atomic E-state index is -0.434. The van der Waals surface area contributed by atoms with Crippen LogP contribution in [0.25, 0.3) is 0 Å². The van der Waals surface area contributed by atoms with Gasteiger partial charge in [0.15, 0.2) is 0 Å². The number of hydrogen-bond acceptors (Lipinski definition) is 4. The van der Waals surface area contributed by atoms with Crippen LogP contribution in [0.2, 0.25) is 0 Å². The molecule has 0 spiro atoms. The van der Waals surface area contributed by atoms with E-state index in [9.17, 15) is 4.79 Å². The Kier molecular flexibility index (Phi) is 4.01. The molecule has 24 heavy (non-hydrogen) atoms. The first kappa shape index (κ1) is 17.1. The molecule has 128 valence electrons. The van der Waals surface area contributed by atoms with Crippen LogP contribution in [0, 0.1) is 6.92 Å². The number of benzene rings is 1. The van der Waals surface area contributed by atoms with Crippen molar-refractivity contribution in [3.8, 4) is 5.75 Å². The van der Waals surface area contributed by atoms with Crippen LogP contribution in [-0.2, 0) is 14.1 Å². The van der Waals surface area contributed by atoms with Crippen LogP contribution in [0.4, 0.5) is 0 Å². The summed E-state index contributed by atoms with van der Waals surface area (Å²) in [5.74, 6) is 0.580. The molecule has 1 aromatic rings. The van der Waals surface area contributed by atoms with Crippen molar-refractivity contribution in [2.24, 2.45) is 0 Å². The molecule has 2 aliphatic heterocycles. The Morgan fingerprint density at radius 1 is 1.29 bits per heavy atom. The molecular formula is C18H24BNO4. The fourth-order valence-corrected chi connectivity index (χ4v) is 2.95. The van der Waals surface area contributed by atoms with Gasteiger partial charge >= 0.3 is 7.12 Å². The molecule has 0 saturated carbocycles. The summed E-state index contributed by atoms with van der Waals surface area (Å²) in [6, 6.07) is 3.82. The average Bonchev–Trinajstić information content (AvgIpc) is 2.96. The van der Waals surface area contributed by atoms with E-state index in [1.54, 1.807) is 0 Å². The van der Waals surface area contributed by atoms with Crippen molar-refractivity contribution in [3.05, 3.63) is 35.9 Å². The summed E-state index contributed by atoms with van der Waals surface area (Å²) in [6.45, 7) is 14.1. The standard InChI is InChI=1S/C18H24BNO4/c1-7-16(21)20-14-10-22-15-8-11(2)13(9-12(14)15)19-23-17(3,4)18(5,6)24-19/h7-9,14H,1,10H2,2-6H3,(H,20,21). The summed E-state index contributed by atoms with van der Waals surface area (Å²) < 4.78 is 18.0. The van der Waals surface area contributed by atoms with Crippen LogP contribution in [0.1, 0.15) is 44.9 Å². The van der Waals surface area contributed by atoms with Gasteiger partial charge in [0.05, 0.1) is 17.2 Å². The Morgan fingerprint density at radius 2 is 1.92 bits per heavy atom. The summed E-state index contributed by atoms with van der Waals surface area (Å²) in [6.07, 6.45) is 1.27. The quantitative estimate of drug-likeness (QED) is 0.681. The van der Waals surface area contributed by atoms with Crippen LogP contribution in [0.3, 0.4) is 0 Å². The van der Waals surface area contributed by atoms with E-state index in [4.69, 9.17) is 14.0 Å². The number of carbonyl (C=O) groups excluding carboxylic acids is 1. The molecule has 1 aromatic carbocycles. The van der Waals surface area contributed by atoms with E-state index in [2.05, 4.69) is 11.9 Å². The van der Waals surface area contributed by atoms with E-state index >= 15 is 0 Å². The first-order valence-corrected chi connectivity index (χ1v) is 8.20. The third-order valence-corrected chi connectivity index (χ3v) is 5.19. The van der Waals surface area contributed by atoms with Gasteiger partial charge in [0, 0.05) is 5.56 Å². The Bertz CT molecular complexity index is 683. The minimum absolute atomic E-state index is 0.188. The maximum atomic E-state index is 11.6. The lowest BCUT2D eigenvalue weighted by Crippen LogP contribution is -2.41. The molecule has 1 N–H and O–H groups in total. The molecule has 1 amide bonds. The van der Waals surface area contributed by atoms with Crippen LogP contribution in [-0.4, -0.2) is 30.8 Å². The number of nitrogens with one attached hydrogen (secondary N) is 1. The number of aryl methyl sites for hydroxylation is 1. The van der Waals surface area contributed by atoms with Crippen molar-refractivity contribution in [2.45, 2.75) is 51.9 Å². The number of fused-ring (bicyclic) bond motifs is 1. The molecule has 1 atom stereocenters. The Morgan fingerprint density at radius 3 is 2.50 bits per heavy atom. The monoisotopic (exact) mass is 329 g/mol. The Balaban J connectivity index is 1.93. The molecule has 0 bridgehead atoms. The molecule has 0 aromatic heterocycles. The van der Waals surface area contributed by atoms with E-state index in [1.807, 2.05) is 46.8 Å². The van der Waals surface area contributed by atoms with E-state index in [-0.39, 0.29) is 11.9 Å². The summed E-state index contributed by atoms with van der Waals surface area (Å²) in [7, 11) is -0.434. The predicted octanol–water partition coefficient (Wildman–Crippen LogP) is 2.03. The largest absolute Gasteiger partial charge is 0.495 e. The third-order valence-electron chi connectivity index (χ3n) is 5.19. The SMILES string of the molecule is C=CC(=O)NC1COc2cc(C)c(B3OC(C)(C)C(C)(C)O3)cc21. The molecular weight excluding hydrogens is 305 g/mol. The molecule has 1 fully saturated rings. The maximum Gasteiger partial charge on any atom is 0.495 e. The van der Waals surface area contributed by atoms with Gasteiger partial charge in [-0.2, -0.15) is 0 Å². The van der Waals surface area contributed by atoms with Gasteiger partial charge in [-0.25, -0.2) is 0 Å². The highest BCUT2D eigenvalue weighted by atomic mass is 16.7. The fraction of sp³-hybridized carbons (Fsp3) is 0.500. The van der Waals surface area contributed by atoms with Gasteiger partial charge in [0.1, 0.15) is 12.4 Å². The maximum absolute atomic E-state index is 11.6. The number of ether oxygens (including phenoxy) is 1. The zero-order valence-electron chi connectivity index (χ0n) is 14.9. The molecule has 6 heteroatoms. The lowest BCUT2D eigenvalue weighted by Gasteiger charge is -2.32. The minimum Gasteiger partial charge on any atom is -0.491 e. The van der Waals surface area contributed by atoms with Gasteiger partial charge in [0.25, 0.3) is 0 Å². The van der Waals surface area contributed by atoms with Crippen LogP contribution in [0.15, 0.2) is 24.8 Å². The van der Waals surface area contributed by atoms with Crippen molar-refractivity contribution in [3.63, 3.8) is 0 Å². The highest BCUT2D eigenvalue weighted by molar-refractivity contribution is 6.62. The predicted molar refractivity (Wildman–Crippen MR) is 93.5 cm³/mol. The molecule has 0 aliphatic carbocycles. The van der Waals surface area contributed by atoms with Gasteiger partial charge in [-0.05, 0) is 57.8 Å². The molecule has 2 heterocycles. The van der Waals surface area contributed by atoms with Crippen LogP contribution in [0.5, 0.6) is 5.75 Å². The molecule has 1 unspecified atom stereocenters. The topological polar surface area (TPSA) is 56.8 Å². The molecule has 1 saturated heterocycles. The lowest BCUT2D eigenvalue weighted by atomic mass is 9.75. The van der Waals surface area contributed by atoms with Gasteiger partial charge in [-0.15, -0.1) is 0 Å². The molecule has 5 nitrogen and oxygen atoms in total. The summed E-state index contributed by atoms with van der Waals surface area (Å²) in [5.41, 5.74) is 2.17. The first-order chi connectivity index (χ1) is 11.1. The third kappa shape index (κ3) is 2.74. The van der Waals surface area contributed by atoms with Crippen LogP contribution >= 0.6 is 0 Å². The van der Waals surface area contributed by atoms with Crippen molar-refractivity contribution in [1.29, 1.82) is 0 Å². The summed E-state index contributed by atoms with van der Waals surface area (Å²) >= 11 is 0. The highest BCUT2D eigenvalue weighted by Gasteiger charge is 2.52. The van der Waals surface area contributed by atoms with E-state index in [0.29, 0.717) is 6.61 Å². The Labute approximate surface area is 143 Å². The number of carbonyl (C=O) groups is 1. The number of rotatable bonds is 3. The van der Waals surface area contributed by atoms with Gasteiger partial charge in [-0.1, -0.05) is 12.6 Å². The molecule has 2 aliphatic rings. The van der Waals surface area contributed by atoms with E-state index < -0.39 is 18.3 Å². The fourth-order valence-electron chi connectivity index (χ4n) is 2.95. The highest BCUT2D eigenvalue weighted by Crippen LogP contribution is 2.38. The zero-order valence-corrected chi connectivity index (χ0v) is 14.9. The van der Waals surface area contributed by atoms with Crippen LogP contribution < -0.4 is 15.5 Å². The zero-order chi connectivity index (χ0) is 17.7. The number of hydrogen-bond donors (Lipinski definition) is 1.